The number of nitrogens with one attached hydrogen (secondary N) is 2. The second kappa shape index (κ2) is 9.02. The molecule has 0 spiro atoms. The van der Waals surface area contributed by atoms with Crippen molar-refractivity contribution in [1.29, 1.82) is 0 Å². The van der Waals surface area contributed by atoms with Crippen molar-refractivity contribution in [3.63, 3.8) is 0 Å². The highest BCUT2D eigenvalue weighted by molar-refractivity contribution is 5.59. The van der Waals surface area contributed by atoms with Crippen molar-refractivity contribution in [3.05, 3.63) is 84.2 Å². The molecule has 0 bridgehead atoms. The van der Waals surface area contributed by atoms with E-state index >= 15 is 0 Å². The summed E-state index contributed by atoms with van der Waals surface area (Å²) in [4.78, 5) is 14.7. The Morgan fingerprint density at radius 2 is 0.938 bits per heavy atom. The molecule has 0 fully saturated rings. The lowest BCUT2D eigenvalue weighted by molar-refractivity contribution is 0.520. The van der Waals surface area contributed by atoms with Crippen LogP contribution in [0.5, 0.6) is 0 Å². The predicted octanol–water partition coefficient (Wildman–Crippen LogP) is 4.82. The minimum Gasteiger partial charge on any atom is -0.340 e. The Hall–Kier alpha value is -3.36. The van der Waals surface area contributed by atoms with E-state index in [0.717, 1.165) is 22.5 Å². The minimum absolute atomic E-state index is 0.248. The van der Waals surface area contributed by atoms with Gasteiger partial charge in [0.2, 0.25) is 0 Å². The predicted molar refractivity (Wildman–Crippen MR) is 122 cm³/mol. The van der Waals surface area contributed by atoms with Gasteiger partial charge >= 0.3 is 0 Å². The molecule has 0 unspecified atom stereocenters. The number of nitrogens with two attached hydrogens (primary N) is 2. The number of nitrogens with zero attached hydrogens (tertiary/aromatic N) is 2. The van der Waals surface area contributed by atoms with Crippen LogP contribution in [-0.2, 0) is 11.1 Å². The van der Waals surface area contributed by atoms with Crippen molar-refractivity contribution in [2.75, 3.05) is 0 Å². The molecular formula is C24H28F2N6. The molecule has 0 radical (unpaired) electrons. The third-order valence-corrected chi connectivity index (χ3v) is 4.68. The molecule has 32 heavy (non-hydrogen) atoms. The third kappa shape index (κ3) is 5.87. The van der Waals surface area contributed by atoms with Gasteiger partial charge in [0, 0.05) is 0 Å². The fourth-order valence-electron chi connectivity index (χ4n) is 2.85. The second-order valence-electron chi connectivity index (χ2n) is 8.75. The average Bonchev–Trinajstić information content (AvgIpc) is 3.39. The molecule has 8 heteroatoms. The normalized spacial score (nSPS) is 11.8. The Bertz CT molecular complexity index is 1050. The van der Waals surface area contributed by atoms with Crippen LogP contribution in [0.1, 0.15) is 39.3 Å². The molecule has 0 saturated heterocycles. The molecule has 0 aliphatic heterocycles. The molecule has 6 N–H and O–H groups in total. The van der Waals surface area contributed by atoms with E-state index in [1.54, 1.807) is 36.7 Å². The molecule has 0 saturated carbocycles. The number of halogens is 2. The second-order valence-corrected chi connectivity index (χ2v) is 8.75. The smallest absolute Gasteiger partial charge is 0.126 e. The largest absolute Gasteiger partial charge is 0.340 e. The molecule has 4 rings (SSSR count). The van der Waals surface area contributed by atoms with Crippen molar-refractivity contribution in [2.24, 2.45) is 11.5 Å². The summed E-state index contributed by atoms with van der Waals surface area (Å²) in [6.45, 7) is 7.50. The summed E-state index contributed by atoms with van der Waals surface area (Å²) in [5.74, 6) is 0.934. The highest BCUT2D eigenvalue weighted by atomic mass is 19.1. The van der Waals surface area contributed by atoms with Crippen molar-refractivity contribution in [3.8, 4) is 22.5 Å². The maximum atomic E-state index is 12.8. The molecule has 0 atom stereocenters. The van der Waals surface area contributed by atoms with E-state index in [9.17, 15) is 8.78 Å². The fourth-order valence-corrected chi connectivity index (χ4v) is 2.85. The first-order valence-electron chi connectivity index (χ1n) is 10.1. The standard InChI is InChI=1S/2C12H14FN3/c2*1-12(2,14)11-15-7-10(16-11)8-3-5-9(13)6-4-8/h2*3-7H,14H2,1-2H3,(H,15,16). The zero-order valence-corrected chi connectivity index (χ0v) is 18.6. The number of hydrogen-bond donors (Lipinski definition) is 4. The van der Waals surface area contributed by atoms with E-state index in [4.69, 9.17) is 11.5 Å². The number of hydrogen-bond acceptors (Lipinski definition) is 4. The molecule has 168 valence electrons. The van der Waals surface area contributed by atoms with Gasteiger partial charge in [-0.3, -0.25) is 0 Å². The van der Waals surface area contributed by atoms with Gasteiger partial charge in [-0.1, -0.05) is 0 Å². The lowest BCUT2D eigenvalue weighted by Gasteiger charge is -2.14. The summed E-state index contributed by atoms with van der Waals surface area (Å²) < 4.78 is 25.5. The van der Waals surface area contributed by atoms with Crippen LogP contribution < -0.4 is 11.5 Å². The quantitative estimate of drug-likeness (QED) is 0.366. The van der Waals surface area contributed by atoms with Crippen molar-refractivity contribution < 1.29 is 8.78 Å². The minimum atomic E-state index is -0.502. The summed E-state index contributed by atoms with van der Waals surface area (Å²) in [6.07, 6.45) is 3.41. The number of aromatic amines is 2. The van der Waals surface area contributed by atoms with Crippen molar-refractivity contribution in [1.82, 2.24) is 19.9 Å². The number of imidazole rings is 2. The van der Waals surface area contributed by atoms with Crippen LogP contribution in [0, 0.1) is 11.6 Å². The first-order valence-corrected chi connectivity index (χ1v) is 10.1. The van der Waals surface area contributed by atoms with Gasteiger partial charge in [0.15, 0.2) is 0 Å². The van der Waals surface area contributed by atoms with E-state index in [0.29, 0.717) is 11.6 Å². The van der Waals surface area contributed by atoms with Gasteiger partial charge in [-0.05, 0) is 87.4 Å². The zero-order valence-electron chi connectivity index (χ0n) is 18.6. The average molecular weight is 439 g/mol. The highest BCUT2D eigenvalue weighted by Gasteiger charge is 2.19. The monoisotopic (exact) mass is 438 g/mol. The Morgan fingerprint density at radius 3 is 1.19 bits per heavy atom. The molecular weight excluding hydrogens is 410 g/mol. The Kier molecular flexibility index (Phi) is 6.57. The molecule has 2 heterocycles. The maximum absolute atomic E-state index is 12.8. The SMILES string of the molecule is CC(C)(N)c1ncc(-c2ccc(F)cc2)[nH]1.CC(C)(N)c1ncc(-c2ccc(F)cc2)[nH]1. The van der Waals surface area contributed by atoms with Gasteiger partial charge in [-0.2, -0.15) is 0 Å². The lowest BCUT2D eigenvalue weighted by Crippen LogP contribution is -2.30. The van der Waals surface area contributed by atoms with E-state index in [1.807, 2.05) is 27.7 Å². The summed E-state index contributed by atoms with van der Waals surface area (Å²) in [6, 6.07) is 12.5. The molecule has 4 aromatic rings. The van der Waals surface area contributed by atoms with E-state index in [2.05, 4.69) is 19.9 Å². The Balaban J connectivity index is 0.000000181. The molecule has 6 nitrogen and oxygen atoms in total. The van der Waals surface area contributed by atoms with Crippen LogP contribution in [-0.4, -0.2) is 19.9 Å². The van der Waals surface area contributed by atoms with E-state index in [-0.39, 0.29) is 11.6 Å². The summed E-state index contributed by atoms with van der Waals surface area (Å²) in [5, 5.41) is 0. The Morgan fingerprint density at radius 1 is 0.625 bits per heavy atom. The molecule has 2 aromatic carbocycles. The van der Waals surface area contributed by atoms with Crippen molar-refractivity contribution in [2.45, 2.75) is 38.8 Å². The van der Waals surface area contributed by atoms with E-state index in [1.165, 1.54) is 24.3 Å². The summed E-state index contributed by atoms with van der Waals surface area (Å²) in [7, 11) is 0. The van der Waals surface area contributed by atoms with Crippen LogP contribution in [0.25, 0.3) is 22.5 Å². The molecule has 0 aliphatic rings. The van der Waals surface area contributed by atoms with Crippen LogP contribution in [0.2, 0.25) is 0 Å². The fraction of sp³-hybridized carbons (Fsp3) is 0.250. The highest BCUT2D eigenvalue weighted by Crippen LogP contribution is 2.22. The topological polar surface area (TPSA) is 109 Å². The number of benzene rings is 2. The maximum Gasteiger partial charge on any atom is 0.126 e. The van der Waals surface area contributed by atoms with E-state index < -0.39 is 11.1 Å². The van der Waals surface area contributed by atoms with Crippen LogP contribution in [0.3, 0.4) is 0 Å². The summed E-state index contributed by atoms with van der Waals surface area (Å²) >= 11 is 0. The van der Waals surface area contributed by atoms with Crippen molar-refractivity contribution >= 4 is 0 Å². The van der Waals surface area contributed by atoms with Crippen LogP contribution in [0.4, 0.5) is 8.78 Å². The van der Waals surface area contributed by atoms with Gasteiger partial charge in [-0.25, -0.2) is 18.7 Å². The first-order chi connectivity index (χ1) is 14.9. The first kappa shape index (κ1) is 23.3. The third-order valence-electron chi connectivity index (χ3n) is 4.68. The molecule has 0 amide bonds. The number of aromatic nitrogens is 4. The zero-order chi connectivity index (χ0) is 23.5. The number of H-pyrrole nitrogens is 2. The van der Waals surface area contributed by atoms with Gasteiger partial charge in [0.25, 0.3) is 0 Å². The van der Waals surface area contributed by atoms with Gasteiger partial charge in [0.1, 0.15) is 23.3 Å². The lowest BCUT2D eigenvalue weighted by atomic mass is 10.1. The number of rotatable bonds is 4. The molecule has 2 aromatic heterocycles. The summed E-state index contributed by atoms with van der Waals surface area (Å²) in [5.41, 5.74) is 14.3. The van der Waals surface area contributed by atoms with Crippen LogP contribution in [0.15, 0.2) is 60.9 Å². The van der Waals surface area contributed by atoms with Gasteiger partial charge in [-0.15, -0.1) is 0 Å². The molecule has 0 aliphatic carbocycles. The van der Waals surface area contributed by atoms with Crippen LogP contribution >= 0.6 is 0 Å². The van der Waals surface area contributed by atoms with Gasteiger partial charge in [0.05, 0.1) is 34.9 Å². The van der Waals surface area contributed by atoms with Gasteiger partial charge < -0.3 is 21.4 Å². The Labute approximate surface area is 186 Å².